The molecule has 0 fully saturated rings. The van der Waals surface area contributed by atoms with Crippen LogP contribution >= 0.6 is 7.82 Å². The third-order valence-corrected chi connectivity index (χ3v) is 3.82. The monoisotopic (exact) mass is 260 g/mol. The summed E-state index contributed by atoms with van der Waals surface area (Å²) in [6, 6.07) is 0. The van der Waals surface area contributed by atoms with Crippen LogP contribution in [-0.2, 0) is 29.2 Å². The van der Waals surface area contributed by atoms with Gasteiger partial charge in [-0.2, -0.15) is 0 Å². The second-order valence-corrected chi connectivity index (χ2v) is 5.69. The van der Waals surface area contributed by atoms with Crippen LogP contribution in [0.15, 0.2) is 0 Å². The maximum Gasteiger partial charge on any atom is 0.474 e. The summed E-state index contributed by atoms with van der Waals surface area (Å²) in [7, 11) is -3.56. The second-order valence-electron chi connectivity index (χ2n) is 2.67. The Morgan fingerprint density at radius 1 is 1.27 bits per heavy atom. The van der Waals surface area contributed by atoms with E-state index in [2.05, 4.69) is 0 Å². The summed E-state index contributed by atoms with van der Waals surface area (Å²) < 4.78 is 45.5. The lowest BCUT2D eigenvalue weighted by Gasteiger charge is -2.17. The highest BCUT2D eigenvalue weighted by molar-refractivity contribution is 7.79. The van der Waals surface area contributed by atoms with Crippen molar-refractivity contribution in [1.29, 1.82) is 0 Å². The van der Waals surface area contributed by atoms with Crippen LogP contribution in [0.3, 0.4) is 0 Å². The minimum atomic E-state index is -3.56. The molecule has 0 rings (SSSR count). The molecule has 1 N–H and O–H groups in total. The molecule has 15 heavy (non-hydrogen) atoms. The van der Waals surface area contributed by atoms with E-state index in [1.165, 1.54) is 6.92 Å². The fourth-order valence-electron chi connectivity index (χ4n) is 0.682. The van der Waals surface area contributed by atoms with Gasteiger partial charge >= 0.3 is 7.82 Å². The van der Waals surface area contributed by atoms with Crippen molar-refractivity contribution in [2.45, 2.75) is 26.0 Å². The highest BCUT2D eigenvalue weighted by Crippen LogP contribution is 2.49. The molecule has 2 unspecified atom stereocenters. The molecule has 0 aliphatic carbocycles. The van der Waals surface area contributed by atoms with Gasteiger partial charge in [0.2, 0.25) is 0 Å². The van der Waals surface area contributed by atoms with Crippen molar-refractivity contribution < 1.29 is 26.9 Å². The van der Waals surface area contributed by atoms with Gasteiger partial charge in [-0.1, -0.05) is 0 Å². The predicted octanol–water partition coefficient (Wildman–Crippen LogP) is 1.79. The molecule has 0 saturated heterocycles. The zero-order chi connectivity index (χ0) is 11.9. The average molecular weight is 260 g/mol. The zero-order valence-corrected chi connectivity index (χ0v) is 10.8. The van der Waals surface area contributed by atoms with Crippen molar-refractivity contribution >= 4 is 18.9 Å². The fourth-order valence-corrected chi connectivity index (χ4v) is 2.23. The van der Waals surface area contributed by atoms with Gasteiger partial charge in [-0.05, 0) is 20.8 Å². The van der Waals surface area contributed by atoms with Crippen LogP contribution in [0.2, 0.25) is 0 Å². The summed E-state index contributed by atoms with van der Waals surface area (Å²) in [4.78, 5) is 0. The molecular weight excluding hydrogens is 243 g/mol. The SMILES string of the molecule is CCOP(=O)(OCC)OCC(C)S(=O)O. The molecule has 8 heteroatoms. The van der Waals surface area contributed by atoms with E-state index in [-0.39, 0.29) is 19.8 Å². The van der Waals surface area contributed by atoms with Gasteiger partial charge in [0.1, 0.15) is 0 Å². The van der Waals surface area contributed by atoms with Crippen molar-refractivity contribution in [3.05, 3.63) is 0 Å². The summed E-state index contributed by atoms with van der Waals surface area (Å²) in [5.41, 5.74) is 0. The third-order valence-electron chi connectivity index (χ3n) is 1.39. The lowest BCUT2D eigenvalue weighted by molar-refractivity contribution is 0.122. The van der Waals surface area contributed by atoms with E-state index in [1.54, 1.807) is 13.8 Å². The van der Waals surface area contributed by atoms with Crippen molar-refractivity contribution in [2.75, 3.05) is 19.8 Å². The van der Waals surface area contributed by atoms with E-state index in [9.17, 15) is 8.77 Å². The number of phosphoric ester groups is 1. The smallest absolute Gasteiger partial charge is 0.306 e. The first kappa shape index (κ1) is 15.2. The molecule has 0 saturated carbocycles. The van der Waals surface area contributed by atoms with Crippen LogP contribution in [0.5, 0.6) is 0 Å². The van der Waals surface area contributed by atoms with E-state index in [1.807, 2.05) is 0 Å². The fraction of sp³-hybridized carbons (Fsp3) is 1.00. The van der Waals surface area contributed by atoms with Gasteiger partial charge in [-0.15, -0.1) is 0 Å². The van der Waals surface area contributed by atoms with Crippen molar-refractivity contribution in [3.63, 3.8) is 0 Å². The van der Waals surface area contributed by atoms with E-state index < -0.39 is 24.2 Å². The first-order valence-electron chi connectivity index (χ1n) is 4.58. The molecule has 0 aliphatic heterocycles. The molecule has 0 spiro atoms. The van der Waals surface area contributed by atoms with Crippen LogP contribution in [-0.4, -0.2) is 33.8 Å². The minimum absolute atomic E-state index is 0.152. The summed E-state index contributed by atoms with van der Waals surface area (Å²) in [6.45, 7) is 5.03. The Hall–Kier alpha value is 0.220. The molecule has 6 nitrogen and oxygen atoms in total. The van der Waals surface area contributed by atoms with Crippen molar-refractivity contribution in [2.24, 2.45) is 0 Å². The predicted molar refractivity (Wildman–Crippen MR) is 57.0 cm³/mol. The van der Waals surface area contributed by atoms with Gasteiger partial charge < -0.3 is 4.55 Å². The second kappa shape index (κ2) is 7.49. The van der Waals surface area contributed by atoms with Crippen LogP contribution in [0.1, 0.15) is 20.8 Å². The Morgan fingerprint density at radius 2 is 1.73 bits per heavy atom. The van der Waals surface area contributed by atoms with Gasteiger partial charge in [0.05, 0.1) is 25.1 Å². The Bertz CT molecular complexity index is 236. The van der Waals surface area contributed by atoms with E-state index in [4.69, 9.17) is 18.1 Å². The van der Waals surface area contributed by atoms with Crippen LogP contribution in [0.4, 0.5) is 0 Å². The molecule has 0 aromatic carbocycles. The van der Waals surface area contributed by atoms with Gasteiger partial charge in [0.25, 0.3) is 0 Å². The maximum atomic E-state index is 11.7. The molecule has 0 aromatic heterocycles. The molecule has 0 amide bonds. The van der Waals surface area contributed by atoms with Crippen molar-refractivity contribution in [1.82, 2.24) is 0 Å². The van der Waals surface area contributed by atoms with Gasteiger partial charge in [0.15, 0.2) is 11.1 Å². The summed E-state index contributed by atoms with van der Waals surface area (Å²) in [5.74, 6) is 0. The first-order chi connectivity index (χ1) is 6.95. The molecule has 0 aliphatic rings. The highest BCUT2D eigenvalue weighted by atomic mass is 32.2. The average Bonchev–Trinajstić information content (AvgIpc) is 2.15. The molecule has 2 atom stereocenters. The highest BCUT2D eigenvalue weighted by Gasteiger charge is 2.27. The summed E-state index contributed by atoms with van der Waals surface area (Å²) in [6.07, 6.45) is 0. The van der Waals surface area contributed by atoms with E-state index in [0.717, 1.165) is 0 Å². The van der Waals surface area contributed by atoms with Crippen LogP contribution in [0, 0.1) is 0 Å². The van der Waals surface area contributed by atoms with E-state index >= 15 is 0 Å². The number of hydrogen-bond acceptors (Lipinski definition) is 5. The number of hydrogen-bond donors (Lipinski definition) is 1. The first-order valence-corrected chi connectivity index (χ1v) is 7.21. The lowest BCUT2D eigenvalue weighted by atomic mass is 10.5. The molecule has 0 aromatic rings. The normalized spacial score (nSPS) is 16.3. The molecular formula is C7H17O6PS. The zero-order valence-electron chi connectivity index (χ0n) is 9.04. The number of rotatable bonds is 8. The maximum absolute atomic E-state index is 11.7. The Labute approximate surface area is 92.2 Å². The Balaban J connectivity index is 4.18. The molecule has 0 bridgehead atoms. The largest absolute Gasteiger partial charge is 0.474 e. The van der Waals surface area contributed by atoms with E-state index in [0.29, 0.717) is 0 Å². The third kappa shape index (κ3) is 6.40. The standard InChI is InChI=1S/C7H17O6PS/c1-4-11-14(8,12-5-2)13-6-7(3)15(9)10/h7H,4-6H2,1-3H3,(H,9,10). The molecule has 0 heterocycles. The van der Waals surface area contributed by atoms with Crippen LogP contribution < -0.4 is 0 Å². The summed E-state index contributed by atoms with van der Waals surface area (Å²) in [5, 5.41) is -0.640. The van der Waals surface area contributed by atoms with Gasteiger partial charge in [-0.3, -0.25) is 13.6 Å². The topological polar surface area (TPSA) is 82.1 Å². The Morgan fingerprint density at radius 3 is 2.07 bits per heavy atom. The Kier molecular flexibility index (Phi) is 7.60. The summed E-state index contributed by atoms with van der Waals surface area (Å²) >= 11 is -2.01. The van der Waals surface area contributed by atoms with Gasteiger partial charge in [0, 0.05) is 0 Å². The van der Waals surface area contributed by atoms with Crippen LogP contribution in [0.25, 0.3) is 0 Å². The van der Waals surface area contributed by atoms with Crippen molar-refractivity contribution in [3.8, 4) is 0 Å². The molecule has 92 valence electrons. The quantitative estimate of drug-likeness (QED) is 0.529. The molecule has 0 radical (unpaired) electrons. The lowest BCUT2D eigenvalue weighted by Crippen LogP contribution is -2.17. The number of phosphoric acid groups is 1. The van der Waals surface area contributed by atoms with Gasteiger partial charge in [-0.25, -0.2) is 8.77 Å². The minimum Gasteiger partial charge on any atom is -0.306 e.